The number of hydrogen-bond acceptors (Lipinski definition) is 5. The Hall–Kier alpha value is -3.10. The van der Waals surface area contributed by atoms with Gasteiger partial charge in [-0.1, -0.05) is 57.2 Å². The van der Waals surface area contributed by atoms with E-state index in [1.807, 2.05) is 24.3 Å². The van der Waals surface area contributed by atoms with E-state index in [0.717, 1.165) is 43.4 Å². The van der Waals surface area contributed by atoms with E-state index in [2.05, 4.69) is 10.6 Å². The first kappa shape index (κ1) is 25.5. The van der Waals surface area contributed by atoms with Crippen molar-refractivity contribution in [3.8, 4) is 5.75 Å². The molecule has 0 bridgehead atoms. The number of carboxylic acid groups (broad SMARTS) is 1. The van der Waals surface area contributed by atoms with Crippen LogP contribution >= 0.6 is 0 Å². The van der Waals surface area contributed by atoms with E-state index >= 15 is 0 Å². The Labute approximate surface area is 200 Å². The van der Waals surface area contributed by atoms with Gasteiger partial charge in [0, 0.05) is 18.0 Å². The zero-order valence-corrected chi connectivity index (χ0v) is 19.7. The molecule has 1 aliphatic carbocycles. The lowest BCUT2D eigenvalue weighted by Crippen LogP contribution is -2.51. The highest BCUT2D eigenvalue weighted by molar-refractivity contribution is 5.87. The summed E-state index contributed by atoms with van der Waals surface area (Å²) < 4.78 is 5.72. The fourth-order valence-electron chi connectivity index (χ4n) is 4.88. The summed E-state index contributed by atoms with van der Waals surface area (Å²) in [5.74, 6) is -0.117. The molecular formula is C25H35N3O6. The topological polar surface area (TPSA) is 125 Å². The zero-order valence-electron chi connectivity index (χ0n) is 19.7. The van der Waals surface area contributed by atoms with Gasteiger partial charge in [0.1, 0.15) is 24.7 Å². The van der Waals surface area contributed by atoms with Crippen molar-refractivity contribution in [3.05, 3.63) is 29.8 Å². The molecule has 0 aromatic heterocycles. The number of aldehydes is 1. The predicted octanol–water partition coefficient (Wildman–Crippen LogP) is 2.72. The molecule has 1 fully saturated rings. The van der Waals surface area contributed by atoms with E-state index in [9.17, 15) is 24.3 Å². The Morgan fingerprint density at radius 2 is 1.91 bits per heavy atom. The Kier molecular flexibility index (Phi) is 9.30. The molecule has 1 heterocycles. The van der Waals surface area contributed by atoms with Gasteiger partial charge in [-0.3, -0.25) is 9.59 Å². The lowest BCUT2D eigenvalue weighted by molar-refractivity contribution is -0.136. The van der Waals surface area contributed by atoms with Gasteiger partial charge >= 0.3 is 6.09 Å². The molecule has 9 nitrogen and oxygen atoms in total. The number of ether oxygens (including phenoxy) is 1. The summed E-state index contributed by atoms with van der Waals surface area (Å²) in [7, 11) is 0. The molecule has 2 aliphatic rings. The number of nitrogens with zero attached hydrogens (tertiary/aromatic N) is 1. The van der Waals surface area contributed by atoms with E-state index in [1.165, 1.54) is 0 Å². The normalized spacial score (nSPS) is 18.9. The Morgan fingerprint density at radius 1 is 1.18 bits per heavy atom. The molecule has 34 heavy (non-hydrogen) atoms. The Morgan fingerprint density at radius 3 is 2.62 bits per heavy atom. The molecule has 9 heteroatoms. The minimum atomic E-state index is -1.27. The zero-order chi connectivity index (χ0) is 24.5. The van der Waals surface area contributed by atoms with Crippen molar-refractivity contribution in [2.45, 2.75) is 70.5 Å². The van der Waals surface area contributed by atoms with Gasteiger partial charge in [-0.25, -0.2) is 4.79 Å². The Bertz CT molecular complexity index is 870. The van der Waals surface area contributed by atoms with Crippen LogP contribution in [-0.4, -0.2) is 59.4 Å². The molecular weight excluding hydrogens is 438 g/mol. The molecule has 1 aromatic carbocycles. The second kappa shape index (κ2) is 12.4. The number of rotatable bonds is 9. The molecule has 0 saturated heterocycles. The minimum absolute atomic E-state index is 0.121. The lowest BCUT2D eigenvalue weighted by Gasteiger charge is -2.28. The number of hydrogen-bond donors (Lipinski definition) is 3. The summed E-state index contributed by atoms with van der Waals surface area (Å²) in [6.07, 6.45) is 5.14. The van der Waals surface area contributed by atoms with Crippen LogP contribution in [0, 0.1) is 11.8 Å². The predicted molar refractivity (Wildman–Crippen MR) is 125 cm³/mol. The highest BCUT2D eigenvalue weighted by atomic mass is 16.5. The molecule has 186 valence electrons. The number of carbonyl (C=O) groups excluding carboxylic acids is 3. The van der Waals surface area contributed by atoms with Crippen LogP contribution in [-0.2, 0) is 20.9 Å². The molecule has 3 rings (SSSR count). The van der Waals surface area contributed by atoms with Crippen molar-refractivity contribution in [3.63, 3.8) is 0 Å². The van der Waals surface area contributed by atoms with Crippen LogP contribution in [0.15, 0.2) is 24.3 Å². The fourth-order valence-corrected chi connectivity index (χ4v) is 4.88. The van der Waals surface area contributed by atoms with Crippen molar-refractivity contribution < 1.29 is 29.0 Å². The molecule has 0 spiro atoms. The van der Waals surface area contributed by atoms with Gasteiger partial charge in [0.2, 0.25) is 11.8 Å². The van der Waals surface area contributed by atoms with Crippen LogP contribution < -0.4 is 15.4 Å². The Balaban J connectivity index is 1.58. The van der Waals surface area contributed by atoms with Crippen molar-refractivity contribution in [1.82, 2.24) is 15.5 Å². The third-order valence-corrected chi connectivity index (χ3v) is 6.69. The molecule has 1 aromatic rings. The first-order chi connectivity index (χ1) is 16.4. The number of nitrogens with one attached hydrogen (secondary N) is 2. The highest BCUT2D eigenvalue weighted by Crippen LogP contribution is 2.28. The van der Waals surface area contributed by atoms with E-state index in [-0.39, 0.29) is 18.2 Å². The van der Waals surface area contributed by atoms with Crippen molar-refractivity contribution in [1.29, 1.82) is 0 Å². The molecule has 1 aliphatic heterocycles. The number of amides is 3. The number of benzene rings is 1. The van der Waals surface area contributed by atoms with Crippen LogP contribution in [0.3, 0.4) is 0 Å². The largest absolute Gasteiger partial charge is 0.491 e. The SMILES string of the molecule is CC(C[C@@H](C=O)NC(=O)[C@H](CC1CCCCC1)NC(=O)O)C(=O)N1CCOc2ccccc2C1. The molecule has 3 amide bonds. The van der Waals surface area contributed by atoms with Gasteiger partial charge in [0.25, 0.3) is 0 Å². The molecule has 3 atom stereocenters. The first-order valence-corrected chi connectivity index (χ1v) is 12.1. The van der Waals surface area contributed by atoms with Crippen LogP contribution in [0.5, 0.6) is 5.75 Å². The van der Waals surface area contributed by atoms with Crippen molar-refractivity contribution >= 4 is 24.2 Å². The number of fused-ring (bicyclic) bond motifs is 1. The van der Waals surface area contributed by atoms with Crippen LogP contribution in [0.4, 0.5) is 4.79 Å². The van der Waals surface area contributed by atoms with Crippen LogP contribution in [0.1, 0.15) is 57.4 Å². The number of para-hydroxylation sites is 1. The van der Waals surface area contributed by atoms with Crippen LogP contribution in [0.25, 0.3) is 0 Å². The summed E-state index contributed by atoms with van der Waals surface area (Å²) in [5.41, 5.74) is 0.922. The standard InChI is InChI=1S/C25H35N3O6/c1-17(24(31)28-11-12-34-22-10-6-5-9-19(22)15-28)13-20(16-29)26-23(30)21(27-25(32)33)14-18-7-3-2-4-8-18/h5-6,9-10,16-18,20-21,27H,2-4,7-8,11-15H2,1H3,(H,26,30)(H,32,33)/t17?,20-,21-/m0/s1. The fraction of sp³-hybridized carbons (Fsp3) is 0.600. The van der Waals surface area contributed by atoms with Gasteiger partial charge in [-0.2, -0.15) is 0 Å². The van der Waals surface area contributed by atoms with Crippen molar-refractivity contribution in [2.75, 3.05) is 13.2 Å². The van der Waals surface area contributed by atoms with Crippen LogP contribution in [0.2, 0.25) is 0 Å². The molecule has 1 saturated carbocycles. The monoisotopic (exact) mass is 473 g/mol. The van der Waals surface area contributed by atoms with Gasteiger partial charge < -0.3 is 30.2 Å². The van der Waals surface area contributed by atoms with E-state index in [4.69, 9.17) is 4.74 Å². The van der Waals surface area contributed by atoms with E-state index < -0.39 is 30.0 Å². The summed E-state index contributed by atoms with van der Waals surface area (Å²) in [6, 6.07) is 5.77. The first-order valence-electron chi connectivity index (χ1n) is 12.1. The lowest BCUT2D eigenvalue weighted by atomic mass is 9.84. The maximum atomic E-state index is 13.1. The molecule has 3 N–H and O–H groups in total. The molecule has 1 unspecified atom stereocenters. The quantitative estimate of drug-likeness (QED) is 0.474. The smallest absolute Gasteiger partial charge is 0.405 e. The summed E-state index contributed by atoms with van der Waals surface area (Å²) in [4.78, 5) is 50.6. The average Bonchev–Trinajstić information content (AvgIpc) is 3.05. The maximum absolute atomic E-state index is 13.1. The maximum Gasteiger partial charge on any atom is 0.405 e. The van der Waals surface area contributed by atoms with Gasteiger partial charge in [-0.05, 0) is 24.8 Å². The van der Waals surface area contributed by atoms with E-state index in [0.29, 0.717) is 32.4 Å². The minimum Gasteiger partial charge on any atom is -0.491 e. The van der Waals surface area contributed by atoms with E-state index in [1.54, 1.807) is 11.8 Å². The third kappa shape index (κ3) is 7.20. The highest BCUT2D eigenvalue weighted by Gasteiger charge is 2.30. The van der Waals surface area contributed by atoms with Gasteiger partial charge in [0.05, 0.1) is 12.6 Å². The van der Waals surface area contributed by atoms with Gasteiger partial charge in [-0.15, -0.1) is 0 Å². The summed E-state index contributed by atoms with van der Waals surface area (Å²) >= 11 is 0. The molecule has 0 radical (unpaired) electrons. The second-order valence-electron chi connectivity index (χ2n) is 9.35. The third-order valence-electron chi connectivity index (χ3n) is 6.69. The average molecular weight is 474 g/mol. The van der Waals surface area contributed by atoms with Gasteiger partial charge in [0.15, 0.2) is 0 Å². The number of carbonyl (C=O) groups is 4. The van der Waals surface area contributed by atoms with Crippen molar-refractivity contribution in [2.24, 2.45) is 11.8 Å². The second-order valence-corrected chi connectivity index (χ2v) is 9.35. The summed E-state index contributed by atoms with van der Waals surface area (Å²) in [5, 5.41) is 14.1. The summed E-state index contributed by atoms with van der Waals surface area (Å²) in [6.45, 7) is 2.97.